The van der Waals surface area contributed by atoms with Gasteiger partial charge in [0.2, 0.25) is 0 Å². The van der Waals surface area contributed by atoms with Gasteiger partial charge in [0.05, 0.1) is 17.5 Å². The molecule has 0 atom stereocenters. The lowest BCUT2D eigenvalue weighted by Crippen LogP contribution is -1.97. The first kappa shape index (κ1) is 18.7. The largest absolute Gasteiger partial charge is 0.489 e. The number of halogens is 1. The molecule has 0 radical (unpaired) electrons. The number of benzene rings is 3. The standard InChI is InChI=1S/C21H17BrN2O3/c22-18-7-1-16(2-8-18)14-27-20-11-3-15(4-12-20)13-23-24-19-9-5-17(6-10-19)21(25)26/h1-13,24H,14H2,(H,25,26)/b23-13+. The average molecular weight is 425 g/mol. The maximum absolute atomic E-state index is 10.8. The molecule has 0 aliphatic rings. The molecule has 0 unspecified atom stereocenters. The van der Waals surface area contributed by atoms with Crippen molar-refractivity contribution < 1.29 is 14.6 Å². The van der Waals surface area contributed by atoms with E-state index in [9.17, 15) is 4.79 Å². The summed E-state index contributed by atoms with van der Waals surface area (Å²) in [5, 5.41) is 13.0. The molecule has 27 heavy (non-hydrogen) atoms. The highest BCUT2D eigenvalue weighted by molar-refractivity contribution is 9.10. The van der Waals surface area contributed by atoms with Gasteiger partial charge in [0.25, 0.3) is 0 Å². The molecule has 0 amide bonds. The molecule has 136 valence electrons. The van der Waals surface area contributed by atoms with Gasteiger partial charge >= 0.3 is 5.97 Å². The minimum Gasteiger partial charge on any atom is -0.489 e. The van der Waals surface area contributed by atoms with Crippen LogP contribution < -0.4 is 10.2 Å². The molecular weight excluding hydrogens is 408 g/mol. The Morgan fingerprint density at radius 3 is 2.30 bits per heavy atom. The van der Waals surface area contributed by atoms with Crippen LogP contribution in [0.5, 0.6) is 5.75 Å². The van der Waals surface area contributed by atoms with E-state index in [0.29, 0.717) is 12.3 Å². The van der Waals surface area contributed by atoms with E-state index in [1.54, 1.807) is 18.3 Å². The van der Waals surface area contributed by atoms with Crippen molar-refractivity contribution in [3.05, 3.63) is 94.0 Å². The summed E-state index contributed by atoms with van der Waals surface area (Å²) in [5.74, 6) is -0.167. The Kier molecular flexibility index (Phi) is 6.22. The Bertz CT molecular complexity index is 921. The number of rotatable bonds is 7. The fourth-order valence-corrected chi connectivity index (χ4v) is 2.53. The molecule has 0 saturated carbocycles. The second kappa shape index (κ2) is 9.00. The minimum absolute atomic E-state index is 0.239. The SMILES string of the molecule is O=C(O)c1ccc(N/N=C/c2ccc(OCc3ccc(Br)cc3)cc2)cc1. The predicted molar refractivity (Wildman–Crippen MR) is 110 cm³/mol. The lowest BCUT2D eigenvalue weighted by molar-refractivity contribution is 0.0697. The number of ether oxygens (including phenoxy) is 1. The molecule has 2 N–H and O–H groups in total. The highest BCUT2D eigenvalue weighted by Crippen LogP contribution is 2.16. The Morgan fingerprint density at radius 2 is 1.67 bits per heavy atom. The molecule has 5 nitrogen and oxygen atoms in total. The molecule has 6 heteroatoms. The molecule has 0 aliphatic carbocycles. The zero-order valence-corrected chi connectivity index (χ0v) is 15.9. The third-order valence-electron chi connectivity index (χ3n) is 3.74. The van der Waals surface area contributed by atoms with Crippen molar-refractivity contribution in [2.24, 2.45) is 5.10 Å². The fourth-order valence-electron chi connectivity index (χ4n) is 2.27. The van der Waals surface area contributed by atoms with E-state index in [-0.39, 0.29) is 5.56 Å². The number of nitrogens with one attached hydrogen (secondary N) is 1. The zero-order chi connectivity index (χ0) is 19.1. The summed E-state index contributed by atoms with van der Waals surface area (Å²) >= 11 is 3.41. The number of hydrazone groups is 1. The van der Waals surface area contributed by atoms with Gasteiger partial charge in [0, 0.05) is 4.47 Å². The van der Waals surface area contributed by atoms with Crippen molar-refractivity contribution in [1.82, 2.24) is 0 Å². The van der Waals surface area contributed by atoms with Crippen LogP contribution in [0.25, 0.3) is 0 Å². The van der Waals surface area contributed by atoms with Gasteiger partial charge in [0.15, 0.2) is 0 Å². The fraction of sp³-hybridized carbons (Fsp3) is 0.0476. The van der Waals surface area contributed by atoms with Crippen molar-refractivity contribution in [3.63, 3.8) is 0 Å². The maximum Gasteiger partial charge on any atom is 0.335 e. The number of hydrogen-bond donors (Lipinski definition) is 2. The molecule has 0 heterocycles. The maximum atomic E-state index is 10.8. The van der Waals surface area contributed by atoms with E-state index in [1.807, 2.05) is 48.5 Å². The van der Waals surface area contributed by atoms with Crippen LogP contribution in [0.3, 0.4) is 0 Å². The lowest BCUT2D eigenvalue weighted by atomic mass is 10.2. The van der Waals surface area contributed by atoms with Gasteiger partial charge in [-0.05, 0) is 71.8 Å². The van der Waals surface area contributed by atoms with Crippen LogP contribution in [0, 0.1) is 0 Å². The van der Waals surface area contributed by atoms with Gasteiger partial charge in [-0.1, -0.05) is 28.1 Å². The van der Waals surface area contributed by atoms with Crippen LogP contribution >= 0.6 is 15.9 Å². The average Bonchev–Trinajstić information content (AvgIpc) is 2.69. The third kappa shape index (κ3) is 5.69. The summed E-state index contributed by atoms with van der Waals surface area (Å²) in [5.41, 5.74) is 5.84. The number of carbonyl (C=O) groups is 1. The quantitative estimate of drug-likeness (QED) is 0.405. The van der Waals surface area contributed by atoms with Gasteiger partial charge in [-0.3, -0.25) is 5.43 Å². The van der Waals surface area contributed by atoms with E-state index in [1.165, 1.54) is 12.1 Å². The lowest BCUT2D eigenvalue weighted by Gasteiger charge is -2.06. The number of hydrogen-bond acceptors (Lipinski definition) is 4. The molecular formula is C21H17BrN2O3. The topological polar surface area (TPSA) is 70.9 Å². The van der Waals surface area contributed by atoms with Crippen molar-refractivity contribution in [2.45, 2.75) is 6.61 Å². The van der Waals surface area contributed by atoms with E-state index in [4.69, 9.17) is 9.84 Å². The summed E-state index contributed by atoms with van der Waals surface area (Å²) in [7, 11) is 0. The molecule has 0 saturated heterocycles. The molecule has 0 aromatic heterocycles. The van der Waals surface area contributed by atoms with Gasteiger partial charge in [-0.2, -0.15) is 5.10 Å². The second-order valence-corrected chi connectivity index (χ2v) is 6.65. The van der Waals surface area contributed by atoms with Crippen LogP contribution in [0.1, 0.15) is 21.5 Å². The summed E-state index contributed by atoms with van der Waals surface area (Å²) in [4.78, 5) is 10.8. The normalized spacial score (nSPS) is 10.7. The minimum atomic E-state index is -0.951. The Hall–Kier alpha value is -3.12. The predicted octanol–water partition coefficient (Wildman–Crippen LogP) is 5.17. The van der Waals surface area contributed by atoms with Crippen LogP contribution in [-0.4, -0.2) is 17.3 Å². The van der Waals surface area contributed by atoms with E-state index >= 15 is 0 Å². The highest BCUT2D eigenvalue weighted by atomic mass is 79.9. The number of aromatic carboxylic acids is 1. The molecule has 0 spiro atoms. The van der Waals surface area contributed by atoms with Gasteiger partial charge in [-0.15, -0.1) is 0 Å². The Labute approximate surface area is 165 Å². The van der Waals surface area contributed by atoms with Crippen molar-refractivity contribution in [3.8, 4) is 5.75 Å². The van der Waals surface area contributed by atoms with Gasteiger partial charge in [-0.25, -0.2) is 4.79 Å². The van der Waals surface area contributed by atoms with Crippen LogP contribution in [0.2, 0.25) is 0 Å². The third-order valence-corrected chi connectivity index (χ3v) is 4.27. The smallest absolute Gasteiger partial charge is 0.335 e. The second-order valence-electron chi connectivity index (χ2n) is 5.74. The summed E-state index contributed by atoms with van der Waals surface area (Å²) in [6.45, 7) is 0.509. The summed E-state index contributed by atoms with van der Waals surface area (Å²) in [6, 6.07) is 22.0. The van der Waals surface area contributed by atoms with Gasteiger partial charge < -0.3 is 9.84 Å². The number of anilines is 1. The zero-order valence-electron chi connectivity index (χ0n) is 14.3. The first-order valence-electron chi connectivity index (χ1n) is 8.20. The van der Waals surface area contributed by atoms with Crippen molar-refractivity contribution in [2.75, 3.05) is 5.43 Å². The molecule has 0 fully saturated rings. The molecule has 0 aliphatic heterocycles. The first-order chi connectivity index (χ1) is 13.1. The van der Waals surface area contributed by atoms with Gasteiger partial charge in [0.1, 0.15) is 12.4 Å². The number of carboxylic acids is 1. The highest BCUT2D eigenvalue weighted by Gasteiger charge is 2.01. The number of nitrogens with zero attached hydrogens (tertiary/aromatic N) is 1. The van der Waals surface area contributed by atoms with E-state index in [0.717, 1.165) is 21.3 Å². The van der Waals surface area contributed by atoms with Crippen LogP contribution in [0.4, 0.5) is 5.69 Å². The van der Waals surface area contributed by atoms with E-state index in [2.05, 4.69) is 26.5 Å². The van der Waals surface area contributed by atoms with Crippen LogP contribution in [-0.2, 0) is 6.61 Å². The Balaban J connectivity index is 1.51. The molecule has 3 rings (SSSR count). The molecule has 3 aromatic rings. The first-order valence-corrected chi connectivity index (χ1v) is 8.99. The monoisotopic (exact) mass is 424 g/mol. The van der Waals surface area contributed by atoms with Crippen molar-refractivity contribution in [1.29, 1.82) is 0 Å². The Morgan fingerprint density at radius 1 is 1.00 bits per heavy atom. The number of carboxylic acid groups (broad SMARTS) is 1. The summed E-state index contributed by atoms with van der Waals surface area (Å²) < 4.78 is 6.81. The molecule has 0 bridgehead atoms. The molecule has 3 aromatic carbocycles. The van der Waals surface area contributed by atoms with Crippen LogP contribution in [0.15, 0.2) is 82.4 Å². The van der Waals surface area contributed by atoms with Crippen molar-refractivity contribution >= 4 is 33.8 Å². The van der Waals surface area contributed by atoms with E-state index < -0.39 is 5.97 Å². The summed E-state index contributed by atoms with van der Waals surface area (Å²) in [6.07, 6.45) is 1.68.